The minimum Gasteiger partial charge on any atom is -0.398 e. The van der Waals surface area contributed by atoms with Crippen molar-refractivity contribution in [3.05, 3.63) is 22.2 Å². The number of carbonyl (C=O) groups is 1. The molecule has 19 heavy (non-hydrogen) atoms. The van der Waals surface area contributed by atoms with E-state index >= 15 is 0 Å². The second-order valence-corrected chi connectivity index (χ2v) is 5.86. The maximum atomic E-state index is 11.4. The Balaban J connectivity index is 2.42. The maximum absolute atomic E-state index is 11.4. The molecule has 4 nitrogen and oxygen atoms in total. The van der Waals surface area contributed by atoms with E-state index in [2.05, 4.69) is 27.8 Å². The Morgan fingerprint density at radius 3 is 2.84 bits per heavy atom. The number of nitrogens with two attached hydrogens (primary N) is 2. The predicted octanol–water partition coefficient (Wildman–Crippen LogP) is 2.90. The van der Waals surface area contributed by atoms with Crippen LogP contribution in [0.5, 0.6) is 0 Å². The van der Waals surface area contributed by atoms with Gasteiger partial charge in [-0.3, -0.25) is 4.79 Å². The zero-order valence-electron chi connectivity index (χ0n) is 11.2. The fraction of sp³-hybridized carbons (Fsp3) is 0.500. The van der Waals surface area contributed by atoms with Crippen molar-refractivity contribution in [3.63, 3.8) is 0 Å². The molecule has 1 amide bonds. The molecule has 1 atom stereocenters. The topological polar surface area (TPSA) is 72.3 Å². The predicted molar refractivity (Wildman–Crippen MR) is 82.3 cm³/mol. The molecule has 2 rings (SSSR count). The van der Waals surface area contributed by atoms with E-state index in [4.69, 9.17) is 11.5 Å². The van der Waals surface area contributed by atoms with Gasteiger partial charge in [-0.1, -0.05) is 6.92 Å². The Labute approximate surface area is 122 Å². The van der Waals surface area contributed by atoms with E-state index in [0.717, 1.165) is 23.1 Å². The van der Waals surface area contributed by atoms with Crippen molar-refractivity contribution in [2.75, 3.05) is 17.2 Å². The summed E-state index contributed by atoms with van der Waals surface area (Å²) in [7, 11) is 0. The van der Waals surface area contributed by atoms with E-state index in [1.807, 2.05) is 6.07 Å². The smallest absolute Gasteiger partial charge is 0.250 e. The van der Waals surface area contributed by atoms with Crippen LogP contribution in [-0.4, -0.2) is 18.5 Å². The molecule has 0 spiro atoms. The molecular formula is C14H20BrN3O. The molecule has 104 valence electrons. The third-order valence-corrected chi connectivity index (χ3v) is 4.43. The van der Waals surface area contributed by atoms with Gasteiger partial charge in [-0.15, -0.1) is 0 Å². The normalized spacial score (nSPS) is 19.5. The molecule has 5 heteroatoms. The largest absolute Gasteiger partial charge is 0.398 e. The van der Waals surface area contributed by atoms with Crippen LogP contribution in [0.3, 0.4) is 0 Å². The summed E-state index contributed by atoms with van der Waals surface area (Å²) in [5.74, 6) is -0.476. The molecule has 0 aromatic heterocycles. The number of anilines is 2. The molecule has 1 aliphatic heterocycles. The van der Waals surface area contributed by atoms with Gasteiger partial charge in [0.15, 0.2) is 0 Å². The summed E-state index contributed by atoms with van der Waals surface area (Å²) in [6.45, 7) is 3.21. The number of halogens is 1. The van der Waals surface area contributed by atoms with Gasteiger partial charge < -0.3 is 16.4 Å². The first-order valence-corrected chi connectivity index (χ1v) is 7.49. The quantitative estimate of drug-likeness (QED) is 0.839. The molecule has 0 radical (unpaired) electrons. The van der Waals surface area contributed by atoms with E-state index in [0.29, 0.717) is 17.3 Å². The zero-order chi connectivity index (χ0) is 14.0. The summed E-state index contributed by atoms with van der Waals surface area (Å²) in [5, 5.41) is 0. The summed E-state index contributed by atoms with van der Waals surface area (Å²) in [6.07, 6.45) is 4.74. The fourth-order valence-electron chi connectivity index (χ4n) is 2.75. The molecular weight excluding hydrogens is 306 g/mol. The van der Waals surface area contributed by atoms with Crippen molar-refractivity contribution in [2.24, 2.45) is 5.73 Å². The van der Waals surface area contributed by atoms with Crippen LogP contribution >= 0.6 is 15.9 Å². The molecule has 1 fully saturated rings. The minimum absolute atomic E-state index is 0.402. The van der Waals surface area contributed by atoms with Crippen LogP contribution in [0.2, 0.25) is 0 Å². The Hall–Kier alpha value is -1.23. The van der Waals surface area contributed by atoms with Gasteiger partial charge in [-0.2, -0.15) is 0 Å². The Bertz CT molecular complexity index is 490. The summed E-state index contributed by atoms with van der Waals surface area (Å²) in [4.78, 5) is 13.8. The highest BCUT2D eigenvalue weighted by molar-refractivity contribution is 9.10. The van der Waals surface area contributed by atoms with Crippen LogP contribution in [0.15, 0.2) is 16.6 Å². The van der Waals surface area contributed by atoms with Crippen molar-refractivity contribution >= 4 is 33.2 Å². The molecule has 4 N–H and O–H groups in total. The van der Waals surface area contributed by atoms with Crippen LogP contribution in [0.1, 0.15) is 43.0 Å². The highest BCUT2D eigenvalue weighted by Gasteiger charge is 2.24. The van der Waals surface area contributed by atoms with E-state index in [9.17, 15) is 4.79 Å². The molecule has 0 bridgehead atoms. The van der Waals surface area contributed by atoms with Crippen molar-refractivity contribution < 1.29 is 4.79 Å². The van der Waals surface area contributed by atoms with Gasteiger partial charge in [0.1, 0.15) is 0 Å². The Morgan fingerprint density at radius 2 is 2.21 bits per heavy atom. The molecule has 0 saturated carbocycles. The first-order valence-electron chi connectivity index (χ1n) is 6.70. The highest BCUT2D eigenvalue weighted by atomic mass is 79.9. The second-order valence-electron chi connectivity index (χ2n) is 5.01. The SMILES string of the molecule is CCC1CCCCN1c1cc(C(N)=O)c(N)cc1Br. The summed E-state index contributed by atoms with van der Waals surface area (Å²) in [6, 6.07) is 4.11. The van der Waals surface area contributed by atoms with Crippen molar-refractivity contribution in [1.82, 2.24) is 0 Å². The number of benzene rings is 1. The Kier molecular flexibility index (Phi) is 4.34. The van der Waals surface area contributed by atoms with Crippen molar-refractivity contribution in [2.45, 2.75) is 38.6 Å². The lowest BCUT2D eigenvalue weighted by Gasteiger charge is -2.38. The van der Waals surface area contributed by atoms with Gasteiger partial charge in [-0.05, 0) is 53.7 Å². The Morgan fingerprint density at radius 1 is 1.47 bits per heavy atom. The molecule has 1 saturated heterocycles. The number of nitrogen functional groups attached to an aromatic ring is 1. The molecule has 0 aliphatic carbocycles. The summed E-state index contributed by atoms with van der Waals surface area (Å²) < 4.78 is 0.926. The van der Waals surface area contributed by atoms with Crippen LogP contribution in [-0.2, 0) is 0 Å². The van der Waals surface area contributed by atoms with Gasteiger partial charge in [0, 0.05) is 22.7 Å². The third kappa shape index (κ3) is 2.86. The lowest BCUT2D eigenvalue weighted by atomic mass is 9.98. The van der Waals surface area contributed by atoms with Crippen LogP contribution < -0.4 is 16.4 Å². The lowest BCUT2D eigenvalue weighted by Crippen LogP contribution is -2.39. The van der Waals surface area contributed by atoms with Crippen molar-refractivity contribution in [3.8, 4) is 0 Å². The number of hydrogen-bond acceptors (Lipinski definition) is 3. The van der Waals surface area contributed by atoms with Crippen LogP contribution in [0.4, 0.5) is 11.4 Å². The maximum Gasteiger partial charge on any atom is 0.250 e. The van der Waals surface area contributed by atoms with Gasteiger partial charge in [0.05, 0.1) is 11.3 Å². The van der Waals surface area contributed by atoms with Crippen LogP contribution in [0, 0.1) is 0 Å². The monoisotopic (exact) mass is 325 g/mol. The number of amides is 1. The number of rotatable bonds is 3. The van der Waals surface area contributed by atoms with E-state index in [1.54, 1.807) is 6.07 Å². The molecule has 1 heterocycles. The van der Waals surface area contributed by atoms with Gasteiger partial charge in [-0.25, -0.2) is 0 Å². The van der Waals surface area contributed by atoms with Crippen molar-refractivity contribution in [1.29, 1.82) is 0 Å². The number of carbonyl (C=O) groups excluding carboxylic acids is 1. The van der Waals surface area contributed by atoms with Gasteiger partial charge >= 0.3 is 0 Å². The fourth-order valence-corrected chi connectivity index (χ4v) is 3.34. The summed E-state index contributed by atoms with van der Waals surface area (Å²) in [5.41, 5.74) is 13.1. The standard InChI is InChI=1S/C14H20BrN3O/c1-2-9-5-3-4-6-18(9)13-7-10(14(17)19)12(16)8-11(13)15/h7-9H,2-6,16H2,1H3,(H2,17,19). The number of hydrogen-bond donors (Lipinski definition) is 2. The molecule has 1 aromatic rings. The first kappa shape index (κ1) is 14.2. The number of piperidine rings is 1. The van der Waals surface area contributed by atoms with E-state index in [-0.39, 0.29) is 0 Å². The minimum atomic E-state index is -0.476. The highest BCUT2D eigenvalue weighted by Crippen LogP contribution is 2.35. The third-order valence-electron chi connectivity index (χ3n) is 3.79. The number of nitrogens with zero attached hydrogens (tertiary/aromatic N) is 1. The molecule has 1 aliphatic rings. The average molecular weight is 326 g/mol. The zero-order valence-corrected chi connectivity index (χ0v) is 12.7. The van der Waals surface area contributed by atoms with Gasteiger partial charge in [0.2, 0.25) is 0 Å². The van der Waals surface area contributed by atoms with E-state index in [1.165, 1.54) is 19.3 Å². The van der Waals surface area contributed by atoms with E-state index < -0.39 is 5.91 Å². The number of primary amides is 1. The first-order chi connectivity index (χ1) is 9.04. The summed E-state index contributed by atoms with van der Waals surface area (Å²) >= 11 is 3.55. The molecule has 1 unspecified atom stereocenters. The molecule has 1 aromatic carbocycles. The average Bonchev–Trinajstić information content (AvgIpc) is 2.38. The van der Waals surface area contributed by atoms with Crippen LogP contribution in [0.25, 0.3) is 0 Å². The van der Waals surface area contributed by atoms with Gasteiger partial charge in [0.25, 0.3) is 5.91 Å². The lowest BCUT2D eigenvalue weighted by molar-refractivity contribution is 0.100. The second kappa shape index (κ2) is 5.82.